The Labute approximate surface area is 346 Å². The van der Waals surface area contributed by atoms with Crippen molar-refractivity contribution < 1.29 is 0 Å². The van der Waals surface area contributed by atoms with Crippen molar-refractivity contribution >= 4 is 38.9 Å². The SMILES string of the molecule is Cc1cccc(C)c1-c1ccnc(-n2c3ccccc3c3ccc(C4(c5cccc(N6CN(C(C)(C)C)c7ccccc76)c5)c5ccccc5-c5ccccc54)cc32)c1. The van der Waals surface area contributed by atoms with Crippen LogP contribution in [0.25, 0.3) is 49.9 Å². The van der Waals surface area contributed by atoms with Gasteiger partial charge in [-0.25, -0.2) is 4.98 Å². The van der Waals surface area contributed by atoms with Crippen LogP contribution in [0, 0.1) is 13.8 Å². The summed E-state index contributed by atoms with van der Waals surface area (Å²) in [5.41, 5.74) is 18.0. The summed E-state index contributed by atoms with van der Waals surface area (Å²) in [6, 6.07) is 63.2. The topological polar surface area (TPSA) is 24.3 Å². The van der Waals surface area contributed by atoms with Gasteiger partial charge < -0.3 is 9.80 Å². The highest BCUT2D eigenvalue weighted by Crippen LogP contribution is 2.57. The molecule has 0 saturated carbocycles. The third-order valence-electron chi connectivity index (χ3n) is 13.0. The van der Waals surface area contributed by atoms with Crippen LogP contribution in [0.3, 0.4) is 0 Å². The maximum Gasteiger partial charge on any atom is 0.138 e. The molecule has 0 fully saturated rings. The monoisotopic (exact) mass is 762 g/mol. The van der Waals surface area contributed by atoms with Gasteiger partial charge in [0.15, 0.2) is 0 Å². The van der Waals surface area contributed by atoms with Crippen LogP contribution in [-0.2, 0) is 5.41 Å². The molecule has 0 saturated heterocycles. The Bertz CT molecular complexity index is 3060. The number of pyridine rings is 1. The van der Waals surface area contributed by atoms with Crippen molar-refractivity contribution in [1.82, 2.24) is 9.55 Å². The molecule has 1 aliphatic heterocycles. The third kappa shape index (κ3) is 5.19. The molecular formula is C55H46N4. The quantitative estimate of drug-likeness (QED) is 0.175. The summed E-state index contributed by atoms with van der Waals surface area (Å²) < 4.78 is 2.38. The number of anilines is 3. The fraction of sp³-hybridized carbons (Fsp3) is 0.145. The van der Waals surface area contributed by atoms with Gasteiger partial charge in [0.05, 0.1) is 34.5 Å². The van der Waals surface area contributed by atoms with Crippen molar-refractivity contribution in [2.75, 3.05) is 16.5 Å². The zero-order chi connectivity index (χ0) is 40.0. The predicted octanol–water partition coefficient (Wildman–Crippen LogP) is 13.5. The van der Waals surface area contributed by atoms with E-state index in [1.165, 1.54) is 83.5 Å². The molecule has 0 amide bonds. The minimum absolute atomic E-state index is 0.0337. The molecule has 11 rings (SSSR count). The van der Waals surface area contributed by atoms with Crippen LogP contribution in [0.15, 0.2) is 176 Å². The number of benzene rings is 7. The first-order valence-corrected chi connectivity index (χ1v) is 20.7. The van der Waals surface area contributed by atoms with Gasteiger partial charge in [0.2, 0.25) is 0 Å². The minimum Gasteiger partial charge on any atom is -0.347 e. The molecular weight excluding hydrogens is 717 g/mol. The highest BCUT2D eigenvalue weighted by molar-refractivity contribution is 6.09. The molecule has 4 heteroatoms. The zero-order valence-corrected chi connectivity index (χ0v) is 34.2. The molecule has 0 radical (unpaired) electrons. The molecule has 2 aliphatic rings. The van der Waals surface area contributed by atoms with Crippen LogP contribution in [0.1, 0.15) is 54.2 Å². The molecule has 1 aliphatic carbocycles. The van der Waals surface area contributed by atoms with E-state index >= 15 is 0 Å². The van der Waals surface area contributed by atoms with Gasteiger partial charge in [0, 0.05) is 28.2 Å². The van der Waals surface area contributed by atoms with Gasteiger partial charge in [-0.2, -0.15) is 0 Å². The molecule has 59 heavy (non-hydrogen) atoms. The first-order valence-electron chi connectivity index (χ1n) is 20.7. The van der Waals surface area contributed by atoms with E-state index in [-0.39, 0.29) is 5.54 Å². The van der Waals surface area contributed by atoms with Gasteiger partial charge in [0.25, 0.3) is 0 Å². The molecule has 7 aromatic carbocycles. The molecule has 0 N–H and O–H groups in total. The summed E-state index contributed by atoms with van der Waals surface area (Å²) in [6.07, 6.45) is 1.97. The summed E-state index contributed by atoms with van der Waals surface area (Å²) in [7, 11) is 0. The number of nitrogens with zero attached hydrogens (tertiary/aromatic N) is 4. The van der Waals surface area contributed by atoms with Gasteiger partial charge in [-0.1, -0.05) is 121 Å². The first kappa shape index (κ1) is 35.3. The average Bonchev–Trinajstić information content (AvgIpc) is 3.91. The highest BCUT2D eigenvalue weighted by atomic mass is 15.4. The minimum atomic E-state index is -0.588. The highest BCUT2D eigenvalue weighted by Gasteiger charge is 2.46. The standard InChI is InChI=1S/C55H46N4/c1-36-16-14-17-37(2)53(36)38-30-31-56-52(32-38)59-48-25-11-8-22-44(48)45-29-28-40(34-51(45)59)55(46-23-9-6-20-42(46)43-21-7-10-24-47(43)55)39-18-15-19-41(33-39)57-35-58(54(3,4)5)50-27-13-12-26-49(50)57/h6-34H,35H2,1-5H3. The van der Waals surface area contributed by atoms with Crippen molar-refractivity contribution in [1.29, 1.82) is 0 Å². The van der Waals surface area contributed by atoms with Gasteiger partial charge in [-0.3, -0.25) is 4.57 Å². The molecule has 4 nitrogen and oxygen atoms in total. The molecule has 3 heterocycles. The van der Waals surface area contributed by atoms with Crippen LogP contribution in [0.5, 0.6) is 0 Å². The van der Waals surface area contributed by atoms with Crippen molar-refractivity contribution in [2.45, 2.75) is 45.6 Å². The Hall–Kier alpha value is -6.91. The Morgan fingerprint density at radius 3 is 1.92 bits per heavy atom. The predicted molar refractivity (Wildman–Crippen MR) is 246 cm³/mol. The van der Waals surface area contributed by atoms with E-state index in [1.54, 1.807) is 0 Å². The molecule has 0 atom stereocenters. The lowest BCUT2D eigenvalue weighted by molar-refractivity contribution is 0.518. The van der Waals surface area contributed by atoms with E-state index < -0.39 is 5.41 Å². The summed E-state index contributed by atoms with van der Waals surface area (Å²) in [5.74, 6) is 0.910. The van der Waals surface area contributed by atoms with E-state index in [0.29, 0.717) is 0 Å². The number of aryl methyl sites for hydroxylation is 2. The van der Waals surface area contributed by atoms with E-state index in [0.717, 1.165) is 23.5 Å². The van der Waals surface area contributed by atoms with Gasteiger partial charge >= 0.3 is 0 Å². The van der Waals surface area contributed by atoms with Crippen molar-refractivity contribution in [2.24, 2.45) is 0 Å². The maximum atomic E-state index is 5.09. The van der Waals surface area contributed by atoms with Crippen LogP contribution in [0.2, 0.25) is 0 Å². The molecule has 286 valence electrons. The van der Waals surface area contributed by atoms with Crippen molar-refractivity contribution in [3.63, 3.8) is 0 Å². The maximum absolute atomic E-state index is 5.09. The fourth-order valence-electron chi connectivity index (χ4n) is 10.4. The number of hydrogen-bond donors (Lipinski definition) is 0. The first-order chi connectivity index (χ1) is 28.7. The Morgan fingerprint density at radius 2 is 1.17 bits per heavy atom. The number of aromatic nitrogens is 2. The summed E-state index contributed by atoms with van der Waals surface area (Å²) in [5, 5.41) is 2.43. The van der Waals surface area contributed by atoms with E-state index in [9.17, 15) is 0 Å². The van der Waals surface area contributed by atoms with Crippen molar-refractivity contribution in [3.05, 3.63) is 209 Å². The van der Waals surface area contributed by atoms with E-state index in [2.05, 4.69) is 219 Å². The smallest absolute Gasteiger partial charge is 0.138 e. The molecule has 0 bridgehead atoms. The molecule has 0 unspecified atom stereocenters. The molecule has 0 spiro atoms. The second-order valence-electron chi connectivity index (χ2n) is 17.3. The normalized spacial score (nSPS) is 14.2. The van der Waals surface area contributed by atoms with Gasteiger partial charge in [0.1, 0.15) is 5.82 Å². The lowest BCUT2D eigenvalue weighted by Crippen LogP contribution is -2.42. The van der Waals surface area contributed by atoms with Gasteiger partial charge in [-0.15, -0.1) is 0 Å². The number of rotatable bonds is 5. The summed E-state index contributed by atoms with van der Waals surface area (Å²) in [4.78, 5) is 10.1. The van der Waals surface area contributed by atoms with Crippen LogP contribution < -0.4 is 9.80 Å². The third-order valence-corrected chi connectivity index (χ3v) is 13.0. The van der Waals surface area contributed by atoms with Gasteiger partial charge in [-0.05, 0) is 139 Å². The second-order valence-corrected chi connectivity index (χ2v) is 17.3. The fourth-order valence-corrected chi connectivity index (χ4v) is 10.4. The largest absolute Gasteiger partial charge is 0.347 e. The molecule has 9 aromatic rings. The second kappa shape index (κ2) is 13.1. The lowest BCUT2D eigenvalue weighted by atomic mass is 9.67. The summed E-state index contributed by atoms with van der Waals surface area (Å²) in [6.45, 7) is 12.1. The Kier molecular flexibility index (Phi) is 7.80. The number of fused-ring (bicyclic) bond motifs is 7. The Morgan fingerprint density at radius 1 is 0.542 bits per heavy atom. The Balaban J connectivity index is 1.17. The van der Waals surface area contributed by atoms with Crippen LogP contribution in [-0.4, -0.2) is 21.8 Å². The zero-order valence-electron chi connectivity index (χ0n) is 34.2. The van der Waals surface area contributed by atoms with Crippen LogP contribution in [0.4, 0.5) is 17.1 Å². The number of para-hydroxylation sites is 3. The van der Waals surface area contributed by atoms with E-state index in [1.807, 2.05) is 6.20 Å². The lowest BCUT2D eigenvalue weighted by Gasteiger charge is -2.36. The molecule has 2 aromatic heterocycles. The van der Waals surface area contributed by atoms with E-state index in [4.69, 9.17) is 4.98 Å². The van der Waals surface area contributed by atoms with Crippen LogP contribution >= 0.6 is 0 Å². The number of hydrogen-bond acceptors (Lipinski definition) is 3. The van der Waals surface area contributed by atoms with Crippen molar-refractivity contribution in [3.8, 4) is 28.1 Å². The summed E-state index contributed by atoms with van der Waals surface area (Å²) >= 11 is 0. The average molecular weight is 763 g/mol.